The molecule has 0 amide bonds. The van der Waals surface area contributed by atoms with Gasteiger partial charge in [-0.15, -0.1) is 5.53 Å². The smallest absolute Gasteiger partial charge is 0.128 e. The number of alkyl halides is 1. The van der Waals surface area contributed by atoms with E-state index in [1.54, 1.807) is 35.5 Å². The Balaban J connectivity index is 1.58. The Kier molecular flexibility index (Phi) is 8.29. The zero-order chi connectivity index (χ0) is 28.1. The van der Waals surface area contributed by atoms with Gasteiger partial charge in [-0.05, 0) is 30.2 Å². The lowest BCUT2D eigenvalue weighted by Crippen LogP contribution is -2.38. The van der Waals surface area contributed by atoms with Crippen molar-refractivity contribution in [1.29, 1.82) is 5.26 Å². The molecule has 0 saturated heterocycles. The number of hydrogen-bond acceptors (Lipinski definition) is 7. The highest BCUT2D eigenvalue weighted by atomic mass is 35.5. The second kappa shape index (κ2) is 12.2. The molecule has 40 heavy (non-hydrogen) atoms. The summed E-state index contributed by atoms with van der Waals surface area (Å²) < 4.78 is 28.0. The molecule has 1 aliphatic rings. The lowest BCUT2D eigenvalue weighted by Gasteiger charge is -2.24. The second-order valence-electron chi connectivity index (χ2n) is 9.33. The van der Waals surface area contributed by atoms with Crippen LogP contribution in [0.3, 0.4) is 0 Å². The summed E-state index contributed by atoms with van der Waals surface area (Å²) in [5.74, 6) is -0.400. The molecule has 10 heteroatoms. The average molecular weight is 560 g/mol. The molecule has 4 N–H and O–H groups in total. The number of fused-ring (bicyclic) bond motifs is 1. The van der Waals surface area contributed by atoms with Crippen LogP contribution in [0, 0.1) is 17.1 Å². The van der Waals surface area contributed by atoms with Gasteiger partial charge in [0.2, 0.25) is 0 Å². The van der Waals surface area contributed by atoms with Crippen molar-refractivity contribution in [1.82, 2.24) is 21.0 Å². The molecule has 2 atom stereocenters. The van der Waals surface area contributed by atoms with E-state index in [1.807, 2.05) is 36.4 Å². The molecule has 0 aliphatic carbocycles. The number of benzene rings is 3. The van der Waals surface area contributed by atoms with Crippen molar-refractivity contribution in [2.75, 3.05) is 23.9 Å². The van der Waals surface area contributed by atoms with Crippen LogP contribution in [0.4, 0.5) is 20.2 Å². The molecule has 0 spiro atoms. The minimum absolute atomic E-state index is 0.0548. The standard InChI is InChI=1S/C30H28ClF2N7/c1-2-26(19-8-4-3-5-9-19)37-28-20(16-34)17-35-29-23(28)14-21(15-24(29)31)36-30(22-10-6-7-11-25(22)33)27-18-40(13-12-32)39-38-27/h3-11,14-15,17-18,26,30,36,38-39H,2,12-13H2,1H3,(H,35,37)/t26-,30+/m1/s1. The molecule has 0 unspecified atom stereocenters. The average Bonchev–Trinajstić information content (AvgIpc) is 3.44. The Bertz CT molecular complexity index is 1570. The van der Waals surface area contributed by atoms with Crippen LogP contribution < -0.4 is 21.6 Å². The molecule has 0 saturated carbocycles. The summed E-state index contributed by atoms with van der Waals surface area (Å²) in [4.78, 5) is 4.46. The van der Waals surface area contributed by atoms with Crippen LogP contribution in [0.2, 0.25) is 5.02 Å². The van der Waals surface area contributed by atoms with Gasteiger partial charge in [-0.3, -0.25) is 9.99 Å². The number of anilines is 2. The van der Waals surface area contributed by atoms with Gasteiger partial charge in [0.1, 0.15) is 18.6 Å². The van der Waals surface area contributed by atoms with Crippen LogP contribution in [0.25, 0.3) is 10.9 Å². The van der Waals surface area contributed by atoms with Crippen molar-refractivity contribution in [2.24, 2.45) is 0 Å². The predicted octanol–water partition coefficient (Wildman–Crippen LogP) is 6.75. The third-order valence-corrected chi connectivity index (χ3v) is 7.06. The molecule has 5 rings (SSSR count). The first-order valence-electron chi connectivity index (χ1n) is 12.9. The van der Waals surface area contributed by atoms with Crippen LogP contribution in [-0.4, -0.2) is 23.2 Å². The minimum atomic E-state index is -0.664. The number of hydrazine groups is 2. The molecule has 3 aromatic carbocycles. The molecule has 0 bridgehead atoms. The number of hydrogen-bond donors (Lipinski definition) is 4. The molecule has 7 nitrogen and oxygen atoms in total. The summed E-state index contributed by atoms with van der Waals surface area (Å²) in [6, 6.07) is 21.5. The van der Waals surface area contributed by atoms with Crippen LogP contribution >= 0.6 is 11.6 Å². The van der Waals surface area contributed by atoms with Crippen molar-refractivity contribution in [3.63, 3.8) is 0 Å². The molecule has 0 fully saturated rings. The Hall–Kier alpha value is -4.39. The van der Waals surface area contributed by atoms with Gasteiger partial charge in [0.05, 0.1) is 46.1 Å². The first-order chi connectivity index (χ1) is 19.5. The second-order valence-corrected chi connectivity index (χ2v) is 9.74. The van der Waals surface area contributed by atoms with Gasteiger partial charge in [-0.2, -0.15) is 5.26 Å². The van der Waals surface area contributed by atoms with E-state index in [4.69, 9.17) is 11.6 Å². The normalized spacial score (nSPS) is 14.3. The van der Waals surface area contributed by atoms with Gasteiger partial charge in [-0.1, -0.05) is 67.1 Å². The number of nitrogens with zero attached hydrogens (tertiary/aromatic N) is 3. The molecular weight excluding hydrogens is 532 g/mol. The lowest BCUT2D eigenvalue weighted by molar-refractivity contribution is 0.246. The molecule has 1 aliphatic heterocycles. The zero-order valence-corrected chi connectivity index (χ0v) is 22.5. The van der Waals surface area contributed by atoms with Crippen LogP contribution in [0.1, 0.15) is 42.1 Å². The Labute approximate surface area is 236 Å². The number of aromatic nitrogens is 1. The van der Waals surface area contributed by atoms with Gasteiger partial charge >= 0.3 is 0 Å². The van der Waals surface area contributed by atoms with Crippen LogP contribution in [-0.2, 0) is 0 Å². The van der Waals surface area contributed by atoms with Crippen molar-refractivity contribution in [3.05, 3.63) is 112 Å². The highest BCUT2D eigenvalue weighted by Gasteiger charge is 2.25. The molecule has 0 radical (unpaired) electrons. The SMILES string of the molecule is CC[C@@H](Nc1c(C#N)cnc2c(Cl)cc(N[C@H](C3=CN(CCF)NN3)c3ccccc3F)cc12)c1ccccc1. The fourth-order valence-corrected chi connectivity index (χ4v) is 5.06. The minimum Gasteiger partial charge on any atom is -0.377 e. The van der Waals surface area contributed by atoms with Gasteiger partial charge in [0.15, 0.2) is 0 Å². The third-order valence-electron chi connectivity index (χ3n) is 6.78. The van der Waals surface area contributed by atoms with Crippen LogP contribution in [0.15, 0.2) is 84.8 Å². The fraction of sp³-hybridized carbons (Fsp3) is 0.200. The van der Waals surface area contributed by atoms with E-state index >= 15 is 4.39 Å². The zero-order valence-electron chi connectivity index (χ0n) is 21.8. The maximum atomic E-state index is 15.0. The summed E-state index contributed by atoms with van der Waals surface area (Å²) >= 11 is 6.72. The maximum Gasteiger partial charge on any atom is 0.128 e. The molecule has 4 aromatic rings. The number of halogens is 3. The van der Waals surface area contributed by atoms with Crippen molar-refractivity contribution < 1.29 is 8.78 Å². The van der Waals surface area contributed by atoms with Crippen molar-refractivity contribution in [2.45, 2.75) is 25.4 Å². The van der Waals surface area contributed by atoms with Gasteiger partial charge < -0.3 is 16.1 Å². The van der Waals surface area contributed by atoms with E-state index in [0.29, 0.717) is 44.1 Å². The maximum absolute atomic E-state index is 15.0. The highest BCUT2D eigenvalue weighted by molar-refractivity contribution is 6.35. The quantitative estimate of drug-likeness (QED) is 0.171. The first kappa shape index (κ1) is 27.2. The topological polar surface area (TPSA) is 88.0 Å². The summed E-state index contributed by atoms with van der Waals surface area (Å²) in [7, 11) is 0. The van der Waals surface area contributed by atoms with E-state index in [0.717, 1.165) is 12.0 Å². The first-order valence-corrected chi connectivity index (χ1v) is 13.3. The Morgan fingerprint density at radius 1 is 1.10 bits per heavy atom. The van der Waals surface area contributed by atoms with E-state index in [9.17, 15) is 9.65 Å². The number of nitrogens with one attached hydrogen (secondary N) is 4. The van der Waals surface area contributed by atoms with Crippen LogP contribution in [0.5, 0.6) is 0 Å². The number of nitriles is 1. The largest absolute Gasteiger partial charge is 0.377 e. The molecular formula is C30H28ClF2N7. The highest BCUT2D eigenvalue weighted by Crippen LogP contribution is 2.37. The van der Waals surface area contributed by atoms with Gasteiger partial charge in [0, 0.05) is 29.0 Å². The number of pyridine rings is 1. The van der Waals surface area contributed by atoms with E-state index in [1.165, 1.54) is 12.3 Å². The van der Waals surface area contributed by atoms with Crippen molar-refractivity contribution in [3.8, 4) is 6.07 Å². The van der Waals surface area contributed by atoms with Crippen molar-refractivity contribution >= 4 is 33.9 Å². The molecule has 204 valence electrons. The Morgan fingerprint density at radius 2 is 1.88 bits per heavy atom. The fourth-order valence-electron chi connectivity index (χ4n) is 4.79. The predicted molar refractivity (Wildman–Crippen MR) is 154 cm³/mol. The summed E-state index contributed by atoms with van der Waals surface area (Å²) in [6.07, 6.45) is 3.99. The Morgan fingerprint density at radius 3 is 2.60 bits per heavy atom. The third kappa shape index (κ3) is 5.64. The molecule has 2 heterocycles. The summed E-state index contributed by atoms with van der Waals surface area (Å²) in [5.41, 5.74) is 10.1. The summed E-state index contributed by atoms with van der Waals surface area (Å²) in [6.45, 7) is 1.64. The lowest BCUT2D eigenvalue weighted by atomic mass is 10.0. The monoisotopic (exact) mass is 559 g/mol. The van der Waals surface area contributed by atoms with E-state index < -0.39 is 18.5 Å². The van der Waals surface area contributed by atoms with Gasteiger partial charge in [0.25, 0.3) is 0 Å². The van der Waals surface area contributed by atoms with Gasteiger partial charge in [-0.25, -0.2) is 8.78 Å². The van der Waals surface area contributed by atoms with E-state index in [-0.39, 0.29) is 12.6 Å². The summed E-state index contributed by atoms with van der Waals surface area (Å²) in [5, 5.41) is 19.4. The molecule has 1 aromatic heterocycles. The number of rotatable bonds is 10. The van der Waals surface area contributed by atoms with E-state index in [2.05, 4.69) is 39.6 Å².